The van der Waals surface area contributed by atoms with E-state index in [-0.39, 0.29) is 13.5 Å². The average Bonchev–Trinajstić information content (AvgIpc) is 2.90. The van der Waals surface area contributed by atoms with Gasteiger partial charge in [-0.3, -0.25) is 0 Å². The van der Waals surface area contributed by atoms with Gasteiger partial charge in [-0.15, -0.1) is 0 Å². The molecule has 2 N–H and O–H groups in total. The molecule has 2 atom stereocenters. The molecular weight excluding hydrogens is 162 g/mol. The van der Waals surface area contributed by atoms with Crippen molar-refractivity contribution in [2.24, 2.45) is 5.73 Å². The molecule has 2 nitrogen and oxygen atoms in total. The second-order valence-corrected chi connectivity index (χ2v) is 3.21. The number of rotatable bonds is 3. The van der Waals surface area contributed by atoms with Gasteiger partial charge in [0.1, 0.15) is 0 Å². The van der Waals surface area contributed by atoms with Gasteiger partial charge in [-0.25, -0.2) is 0 Å². The van der Waals surface area contributed by atoms with Crippen molar-refractivity contribution in [2.75, 3.05) is 6.61 Å². The van der Waals surface area contributed by atoms with Gasteiger partial charge >= 0.3 is 0 Å². The molecule has 1 fully saturated rings. The summed E-state index contributed by atoms with van der Waals surface area (Å²) in [6, 6.07) is 10.3. The van der Waals surface area contributed by atoms with Gasteiger partial charge in [0, 0.05) is 6.04 Å². The van der Waals surface area contributed by atoms with Gasteiger partial charge in [-0.2, -0.15) is 0 Å². The van der Waals surface area contributed by atoms with Crippen molar-refractivity contribution in [1.29, 1.82) is 0 Å². The Morgan fingerprint density at radius 1 is 1.38 bits per heavy atom. The van der Waals surface area contributed by atoms with Crippen LogP contribution in [0.15, 0.2) is 30.3 Å². The van der Waals surface area contributed by atoms with Crippen molar-refractivity contribution in [3.8, 4) is 0 Å². The van der Waals surface area contributed by atoms with E-state index in [9.17, 15) is 0 Å². The lowest BCUT2D eigenvalue weighted by molar-refractivity contribution is 0.382. The number of hydrogen-bond donors (Lipinski definition) is 1. The van der Waals surface area contributed by atoms with Crippen molar-refractivity contribution < 1.29 is 4.74 Å². The molecule has 0 bridgehead atoms. The lowest BCUT2D eigenvalue weighted by Crippen LogP contribution is -2.12. The Bertz CT molecular complexity index is 244. The fraction of sp³-hybridized carbons (Fsp3) is 0.455. The molecule has 2 rings (SSSR count). The van der Waals surface area contributed by atoms with E-state index >= 15 is 0 Å². The zero-order chi connectivity index (χ0) is 8.39. The zero-order valence-corrected chi connectivity index (χ0v) is 6.94. The summed E-state index contributed by atoms with van der Waals surface area (Å²) in [6.07, 6.45) is 1.37. The van der Waals surface area contributed by atoms with Crippen LogP contribution in [0.5, 0.6) is 0 Å². The smallest absolute Gasteiger partial charge is 0.0828 e. The molecule has 13 heavy (non-hydrogen) atoms. The van der Waals surface area contributed by atoms with Crippen LogP contribution in [-0.2, 0) is 4.74 Å². The molecule has 0 aromatic heterocycles. The summed E-state index contributed by atoms with van der Waals surface area (Å²) in [7, 11) is 0. The summed E-state index contributed by atoms with van der Waals surface area (Å²) < 4.78 is 5.12. The van der Waals surface area contributed by atoms with Crippen molar-refractivity contribution in [1.82, 2.24) is 0 Å². The second kappa shape index (κ2) is 4.40. The number of epoxide rings is 1. The van der Waals surface area contributed by atoms with Crippen molar-refractivity contribution in [3.63, 3.8) is 0 Å². The first-order valence-electron chi connectivity index (χ1n) is 4.28. The van der Waals surface area contributed by atoms with Crippen LogP contribution in [-0.4, -0.2) is 12.7 Å². The first kappa shape index (κ1) is 10.2. The molecule has 2 unspecified atom stereocenters. The lowest BCUT2D eigenvalue weighted by atomic mass is 10.0. The van der Waals surface area contributed by atoms with Crippen LogP contribution < -0.4 is 5.73 Å². The third-order valence-electron chi connectivity index (χ3n) is 2.15. The minimum atomic E-state index is 0. The highest BCUT2D eigenvalue weighted by atomic mass is 16.6. The van der Waals surface area contributed by atoms with Gasteiger partial charge in [0.2, 0.25) is 0 Å². The molecule has 1 heterocycles. The van der Waals surface area contributed by atoms with Crippen molar-refractivity contribution >= 4 is 0 Å². The van der Waals surface area contributed by atoms with Gasteiger partial charge in [0.15, 0.2) is 0 Å². The normalized spacial score (nSPS) is 21.8. The maximum absolute atomic E-state index is 5.96. The minimum Gasteiger partial charge on any atom is -0.373 e. The Labute approximate surface area is 79.7 Å². The Balaban J connectivity index is 0.000000845. The van der Waals surface area contributed by atoms with E-state index in [0.717, 1.165) is 13.0 Å². The van der Waals surface area contributed by atoms with E-state index in [1.54, 1.807) is 0 Å². The maximum atomic E-state index is 5.96. The molecule has 0 amide bonds. The third kappa shape index (κ3) is 2.83. The van der Waals surface area contributed by atoms with E-state index in [0.29, 0.717) is 6.10 Å². The number of ether oxygens (including phenoxy) is 1. The third-order valence-corrected chi connectivity index (χ3v) is 2.15. The number of benzene rings is 1. The summed E-state index contributed by atoms with van der Waals surface area (Å²) in [5, 5.41) is 0. The van der Waals surface area contributed by atoms with Gasteiger partial charge in [0.05, 0.1) is 12.7 Å². The zero-order valence-electron chi connectivity index (χ0n) is 6.94. The fourth-order valence-corrected chi connectivity index (χ4v) is 1.32. The summed E-state index contributed by atoms with van der Waals surface area (Å²) in [4.78, 5) is 0. The fourth-order valence-electron chi connectivity index (χ4n) is 1.32. The van der Waals surface area contributed by atoms with E-state index in [1.807, 2.05) is 18.2 Å². The van der Waals surface area contributed by atoms with E-state index in [2.05, 4.69) is 12.1 Å². The molecule has 72 valence electrons. The standard InChI is InChI=1S/C10H13NO.CH4/c11-10(6-9-7-12-9)8-4-2-1-3-5-8;/h1-5,9-10H,6-7,11H2;1H4. The largest absolute Gasteiger partial charge is 0.373 e. The summed E-state index contributed by atoms with van der Waals surface area (Å²) >= 11 is 0. The molecule has 1 saturated heterocycles. The van der Waals surface area contributed by atoms with Gasteiger partial charge < -0.3 is 10.5 Å². The van der Waals surface area contributed by atoms with Crippen LogP contribution >= 0.6 is 0 Å². The Hall–Kier alpha value is -0.860. The van der Waals surface area contributed by atoms with Crippen LogP contribution in [0.2, 0.25) is 0 Å². The molecule has 2 heteroatoms. The Kier molecular flexibility index (Phi) is 3.46. The molecule has 1 aromatic rings. The molecule has 0 saturated carbocycles. The van der Waals surface area contributed by atoms with Crippen molar-refractivity contribution in [2.45, 2.75) is 26.0 Å². The predicted octanol–water partition coefficient (Wildman–Crippen LogP) is 2.11. The highest BCUT2D eigenvalue weighted by Crippen LogP contribution is 2.22. The van der Waals surface area contributed by atoms with E-state index < -0.39 is 0 Å². The average molecular weight is 179 g/mol. The molecule has 1 aromatic carbocycles. The van der Waals surface area contributed by atoms with Crippen LogP contribution in [0, 0.1) is 0 Å². The van der Waals surface area contributed by atoms with Crippen LogP contribution in [0.25, 0.3) is 0 Å². The van der Waals surface area contributed by atoms with Gasteiger partial charge in [-0.1, -0.05) is 37.8 Å². The molecule has 0 spiro atoms. The maximum Gasteiger partial charge on any atom is 0.0828 e. The molecule has 0 aliphatic carbocycles. The van der Waals surface area contributed by atoms with Crippen LogP contribution in [0.1, 0.15) is 25.5 Å². The first-order chi connectivity index (χ1) is 5.86. The minimum absolute atomic E-state index is 0. The monoisotopic (exact) mass is 179 g/mol. The molecule has 0 radical (unpaired) electrons. The summed E-state index contributed by atoms with van der Waals surface area (Å²) in [5.41, 5.74) is 7.16. The first-order valence-corrected chi connectivity index (χ1v) is 4.28. The van der Waals surface area contributed by atoms with Crippen LogP contribution in [0.3, 0.4) is 0 Å². The quantitative estimate of drug-likeness (QED) is 0.722. The molecule has 1 aliphatic rings. The van der Waals surface area contributed by atoms with Crippen LogP contribution in [0.4, 0.5) is 0 Å². The predicted molar refractivity (Wildman–Crippen MR) is 54.5 cm³/mol. The second-order valence-electron chi connectivity index (χ2n) is 3.21. The molecule has 1 aliphatic heterocycles. The van der Waals surface area contributed by atoms with Gasteiger partial charge in [0.25, 0.3) is 0 Å². The summed E-state index contributed by atoms with van der Waals surface area (Å²) in [6.45, 7) is 0.889. The lowest BCUT2D eigenvalue weighted by Gasteiger charge is -2.09. The van der Waals surface area contributed by atoms with Crippen molar-refractivity contribution in [3.05, 3.63) is 35.9 Å². The van der Waals surface area contributed by atoms with Gasteiger partial charge in [-0.05, 0) is 12.0 Å². The number of hydrogen-bond acceptors (Lipinski definition) is 2. The Morgan fingerprint density at radius 3 is 2.54 bits per heavy atom. The SMILES string of the molecule is C.NC(CC1CO1)c1ccccc1. The number of nitrogens with two attached hydrogens (primary N) is 1. The highest BCUT2D eigenvalue weighted by molar-refractivity contribution is 5.18. The summed E-state index contributed by atoms with van der Waals surface area (Å²) in [5.74, 6) is 0. The Morgan fingerprint density at radius 2 is 2.00 bits per heavy atom. The molecular formula is C11H17NO. The van der Waals surface area contributed by atoms with E-state index in [1.165, 1.54) is 5.56 Å². The highest BCUT2D eigenvalue weighted by Gasteiger charge is 2.25. The van der Waals surface area contributed by atoms with E-state index in [4.69, 9.17) is 10.5 Å². The topological polar surface area (TPSA) is 38.5 Å².